The Balaban J connectivity index is 2.42. The largest absolute Gasteiger partial charge is 0.493 e. The Kier molecular flexibility index (Phi) is 3.09. The SMILES string of the molecule is COc1ccc(-c2cc(C=O)[nH]n2)cc1OC. The second-order valence-corrected chi connectivity index (χ2v) is 3.40. The van der Waals surface area contributed by atoms with E-state index >= 15 is 0 Å². The van der Waals surface area contributed by atoms with Crippen LogP contribution in [-0.4, -0.2) is 30.7 Å². The van der Waals surface area contributed by atoms with Gasteiger partial charge >= 0.3 is 0 Å². The van der Waals surface area contributed by atoms with Gasteiger partial charge in [0.1, 0.15) is 0 Å². The highest BCUT2D eigenvalue weighted by atomic mass is 16.5. The van der Waals surface area contributed by atoms with E-state index in [2.05, 4.69) is 10.2 Å². The number of hydrogen-bond donors (Lipinski definition) is 1. The molecule has 0 radical (unpaired) electrons. The number of H-pyrrole nitrogens is 1. The Labute approximate surface area is 98.4 Å². The summed E-state index contributed by atoms with van der Waals surface area (Å²) in [5.74, 6) is 1.28. The van der Waals surface area contributed by atoms with Gasteiger partial charge in [0.25, 0.3) is 0 Å². The van der Waals surface area contributed by atoms with Crippen LogP contribution < -0.4 is 9.47 Å². The first kappa shape index (κ1) is 11.2. The number of carbonyl (C=O) groups is 1. The van der Waals surface area contributed by atoms with Gasteiger partial charge in [0, 0.05) is 5.56 Å². The number of hydrogen-bond acceptors (Lipinski definition) is 4. The Bertz CT molecular complexity index is 534. The summed E-state index contributed by atoms with van der Waals surface area (Å²) in [4.78, 5) is 10.6. The van der Waals surface area contributed by atoms with Crippen molar-refractivity contribution in [1.82, 2.24) is 10.2 Å². The van der Waals surface area contributed by atoms with Gasteiger partial charge in [0.15, 0.2) is 17.8 Å². The topological polar surface area (TPSA) is 64.2 Å². The van der Waals surface area contributed by atoms with E-state index in [1.807, 2.05) is 12.1 Å². The molecule has 1 aromatic carbocycles. The first-order valence-corrected chi connectivity index (χ1v) is 5.01. The molecule has 1 aromatic heterocycles. The first-order chi connectivity index (χ1) is 8.28. The van der Waals surface area contributed by atoms with Crippen molar-refractivity contribution >= 4 is 6.29 Å². The Morgan fingerprint density at radius 1 is 1.18 bits per heavy atom. The zero-order valence-electron chi connectivity index (χ0n) is 9.56. The van der Waals surface area contributed by atoms with Gasteiger partial charge in [-0.3, -0.25) is 9.89 Å². The molecular formula is C12H12N2O3. The van der Waals surface area contributed by atoms with Crippen LogP contribution in [0.3, 0.4) is 0 Å². The van der Waals surface area contributed by atoms with E-state index in [0.717, 1.165) is 11.8 Å². The van der Waals surface area contributed by atoms with Crippen LogP contribution in [0, 0.1) is 0 Å². The van der Waals surface area contributed by atoms with E-state index in [9.17, 15) is 4.79 Å². The van der Waals surface area contributed by atoms with E-state index < -0.39 is 0 Å². The maximum Gasteiger partial charge on any atom is 0.167 e. The van der Waals surface area contributed by atoms with Crippen LogP contribution in [0.25, 0.3) is 11.3 Å². The molecule has 0 amide bonds. The molecule has 1 heterocycles. The lowest BCUT2D eigenvalue weighted by Gasteiger charge is -2.08. The van der Waals surface area contributed by atoms with Gasteiger partial charge in [-0.1, -0.05) is 0 Å². The van der Waals surface area contributed by atoms with Gasteiger partial charge in [-0.25, -0.2) is 0 Å². The lowest BCUT2D eigenvalue weighted by atomic mass is 10.1. The number of carbonyl (C=O) groups excluding carboxylic acids is 1. The third-order valence-corrected chi connectivity index (χ3v) is 2.40. The van der Waals surface area contributed by atoms with Crippen LogP contribution in [-0.2, 0) is 0 Å². The zero-order chi connectivity index (χ0) is 12.3. The Morgan fingerprint density at radius 2 is 1.94 bits per heavy atom. The highest BCUT2D eigenvalue weighted by Crippen LogP contribution is 2.31. The van der Waals surface area contributed by atoms with Crippen LogP contribution in [0.15, 0.2) is 24.3 Å². The minimum atomic E-state index is 0.440. The predicted molar refractivity (Wildman–Crippen MR) is 62.5 cm³/mol. The van der Waals surface area contributed by atoms with E-state index in [1.165, 1.54) is 0 Å². The quantitative estimate of drug-likeness (QED) is 0.818. The monoisotopic (exact) mass is 232 g/mol. The molecule has 0 spiro atoms. The van der Waals surface area contributed by atoms with E-state index in [-0.39, 0.29) is 0 Å². The van der Waals surface area contributed by atoms with Gasteiger partial charge in [0.05, 0.1) is 25.6 Å². The maximum atomic E-state index is 10.6. The summed E-state index contributed by atoms with van der Waals surface area (Å²) < 4.78 is 10.3. The molecule has 0 saturated heterocycles. The number of benzene rings is 1. The highest BCUT2D eigenvalue weighted by molar-refractivity contribution is 5.75. The average Bonchev–Trinajstić information content (AvgIpc) is 2.86. The van der Waals surface area contributed by atoms with E-state index in [1.54, 1.807) is 26.4 Å². The summed E-state index contributed by atoms with van der Waals surface area (Å²) in [6.45, 7) is 0. The van der Waals surface area contributed by atoms with Crippen molar-refractivity contribution in [2.24, 2.45) is 0 Å². The number of rotatable bonds is 4. The fourth-order valence-electron chi connectivity index (χ4n) is 1.54. The van der Waals surface area contributed by atoms with Gasteiger partial charge in [0.2, 0.25) is 0 Å². The minimum absolute atomic E-state index is 0.440. The molecule has 0 bridgehead atoms. The first-order valence-electron chi connectivity index (χ1n) is 5.01. The molecule has 0 saturated carbocycles. The summed E-state index contributed by atoms with van der Waals surface area (Å²) in [6, 6.07) is 7.13. The molecule has 0 fully saturated rings. The third kappa shape index (κ3) is 2.13. The van der Waals surface area contributed by atoms with Crippen LogP contribution in [0.4, 0.5) is 0 Å². The van der Waals surface area contributed by atoms with Crippen LogP contribution in [0.2, 0.25) is 0 Å². The molecule has 0 atom stereocenters. The van der Waals surface area contributed by atoms with Crippen LogP contribution in [0.5, 0.6) is 11.5 Å². The Morgan fingerprint density at radius 3 is 2.53 bits per heavy atom. The lowest BCUT2D eigenvalue weighted by Crippen LogP contribution is -1.90. The van der Waals surface area contributed by atoms with Crippen molar-refractivity contribution in [2.45, 2.75) is 0 Å². The molecule has 2 rings (SSSR count). The second-order valence-electron chi connectivity index (χ2n) is 3.40. The molecule has 1 N–H and O–H groups in total. The minimum Gasteiger partial charge on any atom is -0.493 e. The average molecular weight is 232 g/mol. The number of nitrogens with zero attached hydrogens (tertiary/aromatic N) is 1. The molecule has 17 heavy (non-hydrogen) atoms. The normalized spacial score (nSPS) is 10.0. The standard InChI is InChI=1S/C12H12N2O3/c1-16-11-4-3-8(5-12(11)17-2)10-6-9(7-15)13-14-10/h3-7H,1-2H3,(H,13,14). The zero-order valence-corrected chi connectivity index (χ0v) is 9.56. The van der Waals surface area contributed by atoms with Crippen LogP contribution >= 0.6 is 0 Å². The van der Waals surface area contributed by atoms with Crippen molar-refractivity contribution in [3.63, 3.8) is 0 Å². The smallest absolute Gasteiger partial charge is 0.167 e. The summed E-state index contributed by atoms with van der Waals surface area (Å²) in [5, 5.41) is 6.67. The summed E-state index contributed by atoms with van der Waals surface area (Å²) >= 11 is 0. The predicted octanol–water partition coefficient (Wildman–Crippen LogP) is 1.91. The highest BCUT2D eigenvalue weighted by Gasteiger charge is 2.08. The fraction of sp³-hybridized carbons (Fsp3) is 0.167. The van der Waals surface area contributed by atoms with Crippen LogP contribution in [0.1, 0.15) is 10.5 Å². The molecule has 0 aliphatic rings. The van der Waals surface area contributed by atoms with Crippen molar-refractivity contribution in [2.75, 3.05) is 14.2 Å². The second kappa shape index (κ2) is 4.69. The number of aldehydes is 1. The molecule has 88 valence electrons. The molecule has 5 heteroatoms. The molecule has 0 aliphatic carbocycles. The number of methoxy groups -OCH3 is 2. The third-order valence-electron chi connectivity index (χ3n) is 2.40. The van der Waals surface area contributed by atoms with Gasteiger partial charge in [-0.15, -0.1) is 0 Å². The van der Waals surface area contributed by atoms with Gasteiger partial charge in [-0.05, 0) is 24.3 Å². The lowest BCUT2D eigenvalue weighted by molar-refractivity contribution is 0.111. The maximum absolute atomic E-state index is 10.6. The molecule has 2 aromatic rings. The Hall–Kier alpha value is -2.30. The van der Waals surface area contributed by atoms with E-state index in [0.29, 0.717) is 22.9 Å². The van der Waals surface area contributed by atoms with Crippen molar-refractivity contribution in [1.29, 1.82) is 0 Å². The van der Waals surface area contributed by atoms with Gasteiger partial charge in [-0.2, -0.15) is 5.10 Å². The number of nitrogens with one attached hydrogen (secondary N) is 1. The summed E-state index contributed by atoms with van der Waals surface area (Å²) in [5.41, 5.74) is 1.98. The summed E-state index contributed by atoms with van der Waals surface area (Å²) in [7, 11) is 3.15. The van der Waals surface area contributed by atoms with Crippen molar-refractivity contribution in [3.8, 4) is 22.8 Å². The summed E-state index contributed by atoms with van der Waals surface area (Å²) in [6.07, 6.45) is 0.719. The van der Waals surface area contributed by atoms with Gasteiger partial charge < -0.3 is 9.47 Å². The molecule has 0 unspecified atom stereocenters. The number of aromatic nitrogens is 2. The molecule has 0 aliphatic heterocycles. The number of ether oxygens (including phenoxy) is 2. The number of aromatic amines is 1. The van der Waals surface area contributed by atoms with Crippen molar-refractivity contribution in [3.05, 3.63) is 30.0 Å². The van der Waals surface area contributed by atoms with E-state index in [4.69, 9.17) is 9.47 Å². The fourth-order valence-corrected chi connectivity index (χ4v) is 1.54. The molecule has 5 nitrogen and oxygen atoms in total. The molecular weight excluding hydrogens is 220 g/mol. The van der Waals surface area contributed by atoms with Crippen molar-refractivity contribution < 1.29 is 14.3 Å².